The third-order valence-electron chi connectivity index (χ3n) is 3.14. The number of rotatable bonds is 2. The van der Waals surface area contributed by atoms with E-state index in [1.807, 2.05) is 4.90 Å². The second-order valence-corrected chi connectivity index (χ2v) is 4.37. The molecule has 0 aliphatic carbocycles. The van der Waals surface area contributed by atoms with Gasteiger partial charge in [-0.1, -0.05) is 12.8 Å². The first-order valence-electron chi connectivity index (χ1n) is 5.96. The highest BCUT2D eigenvalue weighted by Gasteiger charge is 2.17. The average molecular weight is 237 g/mol. The predicted octanol–water partition coefficient (Wildman–Crippen LogP) is 2.90. The molecule has 17 heavy (non-hydrogen) atoms. The van der Waals surface area contributed by atoms with Gasteiger partial charge in [0.05, 0.1) is 11.3 Å². The average Bonchev–Trinajstić information content (AvgIpc) is 2.56. The van der Waals surface area contributed by atoms with Crippen LogP contribution in [-0.4, -0.2) is 24.2 Å². The molecule has 2 rings (SSSR count). The minimum atomic E-state index is -0.996. The van der Waals surface area contributed by atoms with Gasteiger partial charge in [0.15, 0.2) is 0 Å². The molecule has 0 amide bonds. The Morgan fingerprint density at radius 3 is 2.41 bits per heavy atom. The molecule has 0 aromatic heterocycles. The Morgan fingerprint density at radius 2 is 1.82 bits per heavy atom. The maximum atomic E-state index is 13.2. The van der Waals surface area contributed by atoms with Crippen molar-refractivity contribution in [3.8, 4) is 0 Å². The molecule has 1 aliphatic rings. The van der Waals surface area contributed by atoms with Crippen LogP contribution in [0.3, 0.4) is 0 Å². The minimum Gasteiger partial charge on any atom is -0.478 e. The fraction of sp³-hybridized carbons (Fsp3) is 0.462. The van der Waals surface area contributed by atoms with Gasteiger partial charge in [-0.15, -0.1) is 0 Å². The summed E-state index contributed by atoms with van der Waals surface area (Å²) in [5.41, 5.74) is 0.702. The van der Waals surface area contributed by atoms with Gasteiger partial charge in [0.2, 0.25) is 0 Å². The summed E-state index contributed by atoms with van der Waals surface area (Å²) in [5, 5.41) is 9.11. The van der Waals surface area contributed by atoms with E-state index in [0.29, 0.717) is 5.69 Å². The number of hydrogen-bond donors (Lipinski definition) is 1. The van der Waals surface area contributed by atoms with E-state index in [2.05, 4.69) is 0 Å². The summed E-state index contributed by atoms with van der Waals surface area (Å²) in [4.78, 5) is 13.1. The van der Waals surface area contributed by atoms with E-state index in [0.717, 1.165) is 38.8 Å². The second-order valence-electron chi connectivity index (χ2n) is 4.37. The van der Waals surface area contributed by atoms with Crippen LogP contribution in [0.1, 0.15) is 36.0 Å². The Balaban J connectivity index is 2.34. The van der Waals surface area contributed by atoms with Gasteiger partial charge in [0.25, 0.3) is 0 Å². The topological polar surface area (TPSA) is 40.5 Å². The van der Waals surface area contributed by atoms with E-state index >= 15 is 0 Å². The number of aromatic carboxylic acids is 1. The lowest BCUT2D eigenvalue weighted by molar-refractivity contribution is 0.0697. The van der Waals surface area contributed by atoms with E-state index in [4.69, 9.17) is 5.11 Å². The van der Waals surface area contributed by atoms with E-state index in [9.17, 15) is 9.18 Å². The third kappa shape index (κ3) is 2.75. The third-order valence-corrected chi connectivity index (χ3v) is 3.14. The largest absolute Gasteiger partial charge is 0.478 e. The van der Waals surface area contributed by atoms with Crippen LogP contribution in [0.4, 0.5) is 10.1 Å². The number of carboxylic acids is 1. The summed E-state index contributed by atoms with van der Waals surface area (Å²) in [5.74, 6) is -1.38. The molecule has 0 atom stereocenters. The molecule has 0 saturated carbocycles. The lowest BCUT2D eigenvalue weighted by Gasteiger charge is -2.24. The van der Waals surface area contributed by atoms with Crippen molar-refractivity contribution in [3.05, 3.63) is 29.6 Å². The van der Waals surface area contributed by atoms with Crippen LogP contribution in [-0.2, 0) is 0 Å². The van der Waals surface area contributed by atoms with Gasteiger partial charge >= 0.3 is 5.97 Å². The zero-order chi connectivity index (χ0) is 12.3. The van der Waals surface area contributed by atoms with Gasteiger partial charge in [-0.05, 0) is 31.0 Å². The number of halogens is 1. The predicted molar refractivity (Wildman–Crippen MR) is 64.0 cm³/mol. The Kier molecular flexibility index (Phi) is 3.61. The SMILES string of the molecule is O=C(O)c1ccc(F)cc1N1CCCCCC1. The first-order chi connectivity index (χ1) is 8.18. The molecule has 1 heterocycles. The van der Waals surface area contributed by atoms with Gasteiger partial charge in [0.1, 0.15) is 5.82 Å². The Bertz CT molecular complexity index is 412. The molecule has 0 spiro atoms. The van der Waals surface area contributed by atoms with E-state index in [1.165, 1.54) is 18.2 Å². The molecule has 1 saturated heterocycles. The monoisotopic (exact) mass is 237 g/mol. The number of carbonyl (C=O) groups is 1. The van der Waals surface area contributed by atoms with Gasteiger partial charge in [-0.3, -0.25) is 0 Å². The summed E-state index contributed by atoms with van der Waals surface area (Å²) >= 11 is 0. The Hall–Kier alpha value is -1.58. The zero-order valence-corrected chi connectivity index (χ0v) is 9.66. The lowest BCUT2D eigenvalue weighted by Crippen LogP contribution is -2.26. The van der Waals surface area contributed by atoms with Crippen molar-refractivity contribution in [1.82, 2.24) is 0 Å². The van der Waals surface area contributed by atoms with Crippen LogP contribution >= 0.6 is 0 Å². The van der Waals surface area contributed by atoms with E-state index in [1.54, 1.807) is 0 Å². The summed E-state index contributed by atoms with van der Waals surface area (Å²) in [7, 11) is 0. The van der Waals surface area contributed by atoms with Crippen molar-refractivity contribution >= 4 is 11.7 Å². The van der Waals surface area contributed by atoms with Crippen molar-refractivity contribution < 1.29 is 14.3 Å². The fourth-order valence-corrected chi connectivity index (χ4v) is 2.26. The molecule has 1 aromatic rings. The smallest absolute Gasteiger partial charge is 0.337 e. The van der Waals surface area contributed by atoms with Crippen molar-refractivity contribution in [2.24, 2.45) is 0 Å². The second kappa shape index (κ2) is 5.17. The molecule has 0 unspecified atom stereocenters. The molecule has 1 aliphatic heterocycles. The quantitative estimate of drug-likeness (QED) is 0.859. The molecule has 1 fully saturated rings. The molecule has 1 N–H and O–H groups in total. The summed E-state index contributed by atoms with van der Waals surface area (Å²) in [6, 6.07) is 3.87. The van der Waals surface area contributed by atoms with Crippen LogP contribution in [0.15, 0.2) is 18.2 Å². The molecule has 3 nitrogen and oxygen atoms in total. The number of carboxylic acid groups (broad SMARTS) is 1. The van der Waals surface area contributed by atoms with Gasteiger partial charge < -0.3 is 10.0 Å². The minimum absolute atomic E-state index is 0.188. The summed E-state index contributed by atoms with van der Waals surface area (Å²) in [6.07, 6.45) is 4.40. The molecular formula is C13H16FNO2. The highest BCUT2D eigenvalue weighted by atomic mass is 19.1. The maximum absolute atomic E-state index is 13.2. The van der Waals surface area contributed by atoms with Crippen LogP contribution in [0.5, 0.6) is 0 Å². The Morgan fingerprint density at radius 1 is 1.18 bits per heavy atom. The number of benzene rings is 1. The number of anilines is 1. The van der Waals surface area contributed by atoms with E-state index < -0.39 is 5.97 Å². The molecular weight excluding hydrogens is 221 g/mol. The van der Waals surface area contributed by atoms with Crippen LogP contribution < -0.4 is 4.90 Å². The molecule has 1 aromatic carbocycles. The zero-order valence-electron chi connectivity index (χ0n) is 9.66. The summed E-state index contributed by atoms with van der Waals surface area (Å²) < 4.78 is 13.2. The van der Waals surface area contributed by atoms with Crippen molar-refractivity contribution in [1.29, 1.82) is 0 Å². The van der Waals surface area contributed by atoms with E-state index in [-0.39, 0.29) is 11.4 Å². The Labute approximate surface area is 99.9 Å². The first-order valence-corrected chi connectivity index (χ1v) is 5.96. The van der Waals surface area contributed by atoms with Gasteiger partial charge in [0, 0.05) is 13.1 Å². The highest BCUT2D eigenvalue weighted by Crippen LogP contribution is 2.25. The van der Waals surface area contributed by atoms with Crippen molar-refractivity contribution in [3.63, 3.8) is 0 Å². The molecule has 4 heteroatoms. The van der Waals surface area contributed by atoms with Crippen LogP contribution in [0.25, 0.3) is 0 Å². The number of nitrogens with zero attached hydrogens (tertiary/aromatic N) is 1. The standard InChI is InChI=1S/C13H16FNO2/c14-10-5-6-11(13(16)17)12(9-10)15-7-3-1-2-4-8-15/h5-6,9H,1-4,7-8H2,(H,16,17). The maximum Gasteiger partial charge on any atom is 0.337 e. The highest BCUT2D eigenvalue weighted by molar-refractivity contribution is 5.94. The first kappa shape index (κ1) is 11.9. The summed E-state index contributed by atoms with van der Waals surface area (Å²) in [6.45, 7) is 1.62. The van der Waals surface area contributed by atoms with Crippen LogP contribution in [0, 0.1) is 5.82 Å². The fourth-order valence-electron chi connectivity index (χ4n) is 2.26. The molecule has 0 radical (unpaired) electrons. The van der Waals surface area contributed by atoms with Crippen LogP contribution in [0.2, 0.25) is 0 Å². The van der Waals surface area contributed by atoms with Crippen molar-refractivity contribution in [2.45, 2.75) is 25.7 Å². The van der Waals surface area contributed by atoms with Gasteiger partial charge in [-0.25, -0.2) is 9.18 Å². The number of hydrogen-bond acceptors (Lipinski definition) is 2. The molecule has 0 bridgehead atoms. The van der Waals surface area contributed by atoms with Gasteiger partial charge in [-0.2, -0.15) is 0 Å². The van der Waals surface area contributed by atoms with Crippen molar-refractivity contribution in [2.75, 3.05) is 18.0 Å². The molecule has 92 valence electrons. The lowest BCUT2D eigenvalue weighted by atomic mass is 10.1. The normalized spacial score (nSPS) is 16.6.